The van der Waals surface area contributed by atoms with E-state index in [1.807, 2.05) is 36.9 Å². The van der Waals surface area contributed by atoms with Crippen LogP contribution in [0.2, 0.25) is 0 Å². The molecule has 4 rings (SSSR count). The molecule has 2 amide bonds. The van der Waals surface area contributed by atoms with Crippen LogP contribution in [-0.4, -0.2) is 91.1 Å². The van der Waals surface area contributed by atoms with Gasteiger partial charge in [0, 0.05) is 39.0 Å². The second-order valence-electron chi connectivity index (χ2n) is 8.63. The van der Waals surface area contributed by atoms with Gasteiger partial charge in [0.15, 0.2) is 0 Å². The van der Waals surface area contributed by atoms with Gasteiger partial charge in [0.25, 0.3) is 5.91 Å². The Bertz CT molecular complexity index is 782. The van der Waals surface area contributed by atoms with Crippen LogP contribution in [-0.2, 0) is 9.53 Å². The fourth-order valence-electron chi connectivity index (χ4n) is 4.44. The third-order valence-corrected chi connectivity index (χ3v) is 6.46. The van der Waals surface area contributed by atoms with Crippen LogP contribution >= 0.6 is 0 Å². The molecule has 1 aromatic carbocycles. The van der Waals surface area contributed by atoms with Gasteiger partial charge >= 0.3 is 0 Å². The van der Waals surface area contributed by atoms with E-state index in [9.17, 15) is 9.59 Å². The molecule has 158 valence electrons. The molecule has 2 saturated heterocycles. The summed E-state index contributed by atoms with van der Waals surface area (Å²) in [5.74, 6) is 0.510. The number of benzene rings is 1. The van der Waals surface area contributed by atoms with Crippen molar-refractivity contribution in [1.82, 2.24) is 14.7 Å². The number of nitrogens with zero attached hydrogens (tertiary/aromatic N) is 3. The lowest BCUT2D eigenvalue weighted by Crippen LogP contribution is -2.58. The molecule has 0 radical (unpaired) electrons. The second-order valence-corrected chi connectivity index (χ2v) is 8.63. The van der Waals surface area contributed by atoms with Crippen molar-refractivity contribution in [2.75, 3.05) is 53.0 Å². The van der Waals surface area contributed by atoms with E-state index in [4.69, 9.17) is 9.47 Å². The number of amides is 2. The molecule has 1 spiro atoms. The number of carbonyl (C=O) groups excluding carboxylic acids is 2. The number of carbonyl (C=O) groups is 2. The number of fused-ring (bicyclic) bond motifs is 1. The number of aryl methyl sites for hydroxylation is 1. The highest BCUT2D eigenvalue weighted by molar-refractivity contribution is 6.00. The van der Waals surface area contributed by atoms with Gasteiger partial charge in [0.05, 0.1) is 25.3 Å². The summed E-state index contributed by atoms with van der Waals surface area (Å²) in [7, 11) is 2.06. The number of rotatable bonds is 2. The molecule has 29 heavy (non-hydrogen) atoms. The van der Waals surface area contributed by atoms with E-state index in [0.29, 0.717) is 57.0 Å². The summed E-state index contributed by atoms with van der Waals surface area (Å²) in [5.41, 5.74) is 1.04. The van der Waals surface area contributed by atoms with E-state index in [1.165, 1.54) is 0 Å². The van der Waals surface area contributed by atoms with E-state index < -0.39 is 11.6 Å². The smallest absolute Gasteiger partial charge is 0.258 e. The van der Waals surface area contributed by atoms with Crippen LogP contribution < -0.4 is 4.74 Å². The molecule has 0 aromatic heterocycles. The molecule has 3 aliphatic heterocycles. The maximum atomic E-state index is 13.5. The lowest BCUT2D eigenvalue weighted by atomic mass is 9.92. The molecule has 1 atom stereocenters. The Morgan fingerprint density at radius 3 is 2.52 bits per heavy atom. The van der Waals surface area contributed by atoms with Gasteiger partial charge in [-0.05, 0) is 33.0 Å². The molecule has 2 fully saturated rings. The topological polar surface area (TPSA) is 62.3 Å². The Morgan fingerprint density at radius 2 is 1.83 bits per heavy atom. The van der Waals surface area contributed by atoms with E-state index in [2.05, 4.69) is 11.9 Å². The van der Waals surface area contributed by atoms with Crippen LogP contribution in [0.1, 0.15) is 35.7 Å². The SMILES string of the molecule is Cc1ccc2c(c1)C(=O)N(C(C)C(=O)N1CCN(C)CC1)CC1(CCOCC1)O2. The first kappa shape index (κ1) is 20.2. The van der Waals surface area contributed by atoms with Crippen molar-refractivity contribution in [3.63, 3.8) is 0 Å². The fraction of sp³-hybridized carbons (Fsp3) is 0.636. The van der Waals surface area contributed by atoms with Gasteiger partial charge in [-0.3, -0.25) is 9.59 Å². The van der Waals surface area contributed by atoms with Crippen molar-refractivity contribution in [2.45, 2.75) is 38.3 Å². The molecule has 1 unspecified atom stereocenters. The standard InChI is InChI=1S/C22H31N3O4/c1-16-4-5-19-18(14-16)21(27)25(15-22(29-19)6-12-28-13-7-22)17(2)20(26)24-10-8-23(3)9-11-24/h4-5,14,17H,6-13,15H2,1-3H3. The summed E-state index contributed by atoms with van der Waals surface area (Å²) in [6.07, 6.45) is 1.42. The minimum Gasteiger partial charge on any atom is -0.484 e. The molecular formula is C22H31N3O4. The van der Waals surface area contributed by atoms with Gasteiger partial charge in [0.2, 0.25) is 5.91 Å². The number of likely N-dealkylation sites (N-methyl/N-ethyl adjacent to an activating group) is 1. The van der Waals surface area contributed by atoms with Crippen LogP contribution in [0, 0.1) is 6.92 Å². The Kier molecular flexibility index (Phi) is 5.53. The van der Waals surface area contributed by atoms with Gasteiger partial charge in [-0.1, -0.05) is 11.6 Å². The molecule has 3 heterocycles. The normalized spacial score (nSPS) is 23.3. The summed E-state index contributed by atoms with van der Waals surface area (Å²) in [4.78, 5) is 32.6. The van der Waals surface area contributed by atoms with E-state index in [1.54, 1.807) is 4.90 Å². The Balaban J connectivity index is 1.65. The van der Waals surface area contributed by atoms with Gasteiger partial charge in [-0.25, -0.2) is 0 Å². The molecule has 0 saturated carbocycles. The fourth-order valence-corrected chi connectivity index (χ4v) is 4.44. The van der Waals surface area contributed by atoms with E-state index >= 15 is 0 Å². The van der Waals surface area contributed by atoms with E-state index in [-0.39, 0.29) is 11.8 Å². The van der Waals surface area contributed by atoms with Crippen LogP contribution in [0.15, 0.2) is 18.2 Å². The molecular weight excluding hydrogens is 370 g/mol. The van der Waals surface area contributed by atoms with Gasteiger partial charge in [-0.15, -0.1) is 0 Å². The van der Waals surface area contributed by atoms with Crippen molar-refractivity contribution in [1.29, 1.82) is 0 Å². The monoisotopic (exact) mass is 401 g/mol. The minimum atomic E-state index is -0.527. The Morgan fingerprint density at radius 1 is 1.14 bits per heavy atom. The number of ether oxygens (including phenoxy) is 2. The van der Waals surface area contributed by atoms with Crippen molar-refractivity contribution in [3.05, 3.63) is 29.3 Å². The third kappa shape index (κ3) is 3.98. The summed E-state index contributed by atoms with van der Waals surface area (Å²) < 4.78 is 12.0. The summed E-state index contributed by atoms with van der Waals surface area (Å²) in [5, 5.41) is 0. The zero-order chi connectivity index (χ0) is 20.6. The Labute approximate surface area is 172 Å². The Hall–Kier alpha value is -2.12. The third-order valence-electron chi connectivity index (χ3n) is 6.46. The first-order valence-electron chi connectivity index (χ1n) is 10.5. The lowest BCUT2D eigenvalue weighted by molar-refractivity contribution is -0.138. The first-order chi connectivity index (χ1) is 13.9. The van der Waals surface area contributed by atoms with Crippen molar-refractivity contribution in [2.24, 2.45) is 0 Å². The average Bonchev–Trinajstić information content (AvgIpc) is 2.83. The second kappa shape index (κ2) is 7.95. The van der Waals surface area contributed by atoms with Gasteiger partial charge in [-0.2, -0.15) is 0 Å². The van der Waals surface area contributed by atoms with Crippen LogP contribution in [0.3, 0.4) is 0 Å². The van der Waals surface area contributed by atoms with Crippen LogP contribution in [0.4, 0.5) is 0 Å². The predicted octanol–water partition coefficient (Wildman–Crippen LogP) is 1.54. The van der Waals surface area contributed by atoms with Crippen molar-refractivity contribution >= 4 is 11.8 Å². The zero-order valence-corrected chi connectivity index (χ0v) is 17.6. The van der Waals surface area contributed by atoms with E-state index in [0.717, 1.165) is 18.7 Å². The molecule has 7 nitrogen and oxygen atoms in total. The number of hydrogen-bond acceptors (Lipinski definition) is 5. The average molecular weight is 402 g/mol. The van der Waals surface area contributed by atoms with Crippen molar-refractivity contribution < 1.29 is 19.1 Å². The minimum absolute atomic E-state index is 0.0183. The largest absolute Gasteiger partial charge is 0.484 e. The highest BCUT2D eigenvalue weighted by Gasteiger charge is 2.44. The molecule has 7 heteroatoms. The van der Waals surface area contributed by atoms with Crippen molar-refractivity contribution in [3.8, 4) is 5.75 Å². The van der Waals surface area contributed by atoms with Crippen LogP contribution in [0.5, 0.6) is 5.75 Å². The number of piperazine rings is 1. The molecule has 0 N–H and O–H groups in total. The lowest BCUT2D eigenvalue weighted by Gasteiger charge is -2.41. The number of hydrogen-bond donors (Lipinski definition) is 0. The van der Waals surface area contributed by atoms with Gasteiger partial charge in [0.1, 0.15) is 17.4 Å². The quantitative estimate of drug-likeness (QED) is 0.752. The molecule has 0 aliphatic carbocycles. The predicted molar refractivity (Wildman–Crippen MR) is 109 cm³/mol. The summed E-state index contributed by atoms with van der Waals surface area (Å²) in [6.45, 7) is 8.55. The van der Waals surface area contributed by atoms with Crippen LogP contribution in [0.25, 0.3) is 0 Å². The van der Waals surface area contributed by atoms with Gasteiger partial charge < -0.3 is 24.2 Å². The summed E-state index contributed by atoms with van der Waals surface area (Å²) >= 11 is 0. The zero-order valence-electron chi connectivity index (χ0n) is 17.6. The maximum Gasteiger partial charge on any atom is 0.258 e. The molecule has 0 bridgehead atoms. The highest BCUT2D eigenvalue weighted by atomic mass is 16.5. The molecule has 1 aromatic rings. The highest BCUT2D eigenvalue weighted by Crippen LogP contribution is 2.36. The first-order valence-corrected chi connectivity index (χ1v) is 10.5. The summed E-state index contributed by atoms with van der Waals surface area (Å²) in [6, 6.07) is 5.19. The molecule has 3 aliphatic rings. The maximum absolute atomic E-state index is 13.5.